The number of amides is 3. The summed E-state index contributed by atoms with van der Waals surface area (Å²) in [6, 6.07) is 7.99. The minimum Gasteiger partial charge on any atom is -0.445 e. The van der Waals surface area contributed by atoms with E-state index in [0.29, 0.717) is 11.0 Å². The number of benzene rings is 1. The van der Waals surface area contributed by atoms with Crippen LogP contribution in [0.3, 0.4) is 0 Å². The molecule has 1 aromatic carbocycles. The molecule has 1 aliphatic carbocycles. The molecule has 1 aromatic rings. The van der Waals surface area contributed by atoms with Crippen molar-refractivity contribution >= 4 is 23.9 Å². The van der Waals surface area contributed by atoms with Gasteiger partial charge in [-0.3, -0.25) is 9.59 Å². The molecular weight excluding hydrogens is 390 g/mol. The number of carbonyl (C=O) groups excluding carboxylic acids is 4. The molecule has 9 heteroatoms. The summed E-state index contributed by atoms with van der Waals surface area (Å²) in [4.78, 5) is 53.9. The van der Waals surface area contributed by atoms with Gasteiger partial charge >= 0.3 is 12.1 Å². The average molecular weight is 417 g/mol. The highest BCUT2D eigenvalue weighted by Gasteiger charge is 2.53. The molecule has 2 fully saturated rings. The molecule has 3 amide bonds. The first-order valence-electron chi connectivity index (χ1n) is 10.2. The first-order valence-corrected chi connectivity index (χ1v) is 10.2. The molecule has 1 aliphatic heterocycles. The van der Waals surface area contributed by atoms with Crippen molar-refractivity contribution in [1.29, 1.82) is 0 Å². The van der Waals surface area contributed by atoms with Crippen LogP contribution in [0.5, 0.6) is 0 Å². The number of alkyl carbamates (subject to hydrolysis) is 1. The molecule has 30 heavy (non-hydrogen) atoms. The van der Waals surface area contributed by atoms with Gasteiger partial charge in [0.15, 0.2) is 0 Å². The molecule has 162 valence electrons. The van der Waals surface area contributed by atoms with Gasteiger partial charge in [-0.05, 0) is 43.8 Å². The minimum atomic E-state index is -1.09. The van der Waals surface area contributed by atoms with Crippen molar-refractivity contribution in [2.75, 3.05) is 13.1 Å². The summed E-state index contributed by atoms with van der Waals surface area (Å²) in [5.41, 5.74) is 0.801. The molecule has 4 atom stereocenters. The van der Waals surface area contributed by atoms with Crippen LogP contribution in [0.1, 0.15) is 32.3 Å². The Balaban J connectivity index is 1.44. The van der Waals surface area contributed by atoms with Crippen LogP contribution in [0.4, 0.5) is 4.79 Å². The number of nitrogens with zero attached hydrogens (tertiary/aromatic N) is 1. The molecule has 3 rings (SSSR count). The van der Waals surface area contributed by atoms with E-state index in [4.69, 9.17) is 9.57 Å². The second kappa shape index (κ2) is 9.71. The van der Waals surface area contributed by atoms with Gasteiger partial charge in [0.25, 0.3) is 11.8 Å². The maximum Gasteiger partial charge on any atom is 0.408 e. The monoisotopic (exact) mass is 417 g/mol. The van der Waals surface area contributed by atoms with E-state index in [1.807, 2.05) is 25.1 Å². The van der Waals surface area contributed by atoms with Crippen LogP contribution < -0.4 is 10.6 Å². The van der Waals surface area contributed by atoms with Crippen molar-refractivity contribution in [1.82, 2.24) is 15.7 Å². The molecule has 1 saturated carbocycles. The summed E-state index contributed by atoms with van der Waals surface area (Å²) in [5.74, 6) is -1.89. The highest BCUT2D eigenvalue weighted by molar-refractivity contribution is 6.03. The summed E-state index contributed by atoms with van der Waals surface area (Å²) in [7, 11) is 0. The molecule has 1 heterocycles. The largest absolute Gasteiger partial charge is 0.445 e. The fourth-order valence-electron chi connectivity index (χ4n) is 3.56. The molecule has 2 aliphatic rings. The number of rotatable bonds is 9. The van der Waals surface area contributed by atoms with Gasteiger partial charge < -0.3 is 20.2 Å². The van der Waals surface area contributed by atoms with Crippen molar-refractivity contribution in [3.63, 3.8) is 0 Å². The Morgan fingerprint density at radius 1 is 1.23 bits per heavy atom. The van der Waals surface area contributed by atoms with Crippen molar-refractivity contribution in [2.45, 2.75) is 39.3 Å². The molecule has 2 N–H and O–H groups in total. The Kier molecular flexibility index (Phi) is 7.04. The summed E-state index contributed by atoms with van der Waals surface area (Å²) >= 11 is 0. The van der Waals surface area contributed by atoms with E-state index in [2.05, 4.69) is 10.6 Å². The molecule has 0 aromatic heterocycles. The van der Waals surface area contributed by atoms with Gasteiger partial charge in [0.1, 0.15) is 12.6 Å². The highest BCUT2D eigenvalue weighted by atomic mass is 16.7. The zero-order valence-corrected chi connectivity index (χ0v) is 17.1. The third-order valence-electron chi connectivity index (χ3n) is 5.37. The molecule has 0 bridgehead atoms. The zero-order chi connectivity index (χ0) is 21.7. The molecule has 3 unspecified atom stereocenters. The van der Waals surface area contributed by atoms with E-state index < -0.39 is 35.8 Å². The standard InChI is InChI=1S/C21H27N3O6/c1-3-22-11-15-9-16(15)17-10-18(25)24(19(17)26)30-20(27)13(2)23-21(28)29-12-14-7-5-4-6-8-14/h4-8,13,15-17,22H,3,9-12H2,1-2H3,(H,23,28)/t13-,15?,16?,17?/m0/s1. The molecule has 0 spiro atoms. The molecule has 1 saturated heterocycles. The van der Waals surface area contributed by atoms with Crippen LogP contribution in [0, 0.1) is 17.8 Å². The number of ether oxygens (including phenoxy) is 1. The van der Waals surface area contributed by atoms with Crippen LogP contribution in [-0.4, -0.2) is 48.1 Å². The quantitative estimate of drug-likeness (QED) is 0.584. The van der Waals surface area contributed by atoms with Crippen LogP contribution in [-0.2, 0) is 30.6 Å². The number of imide groups is 1. The van der Waals surface area contributed by atoms with Gasteiger partial charge in [0, 0.05) is 6.42 Å². The molecule has 9 nitrogen and oxygen atoms in total. The molecular formula is C21H27N3O6. The number of nitrogens with one attached hydrogen (secondary N) is 2. The lowest BCUT2D eigenvalue weighted by atomic mass is 10.0. The second-order valence-corrected chi connectivity index (χ2v) is 7.64. The van der Waals surface area contributed by atoms with E-state index in [1.165, 1.54) is 6.92 Å². The predicted molar refractivity (Wildman–Crippen MR) is 105 cm³/mol. The number of hydrogen-bond donors (Lipinski definition) is 2. The van der Waals surface area contributed by atoms with E-state index in [0.717, 1.165) is 25.1 Å². The van der Waals surface area contributed by atoms with Crippen LogP contribution in [0.25, 0.3) is 0 Å². The lowest BCUT2D eigenvalue weighted by Gasteiger charge is -2.17. The Hall–Kier alpha value is -2.94. The Morgan fingerprint density at radius 3 is 2.67 bits per heavy atom. The minimum absolute atomic E-state index is 0.0420. The van der Waals surface area contributed by atoms with E-state index in [-0.39, 0.29) is 18.9 Å². The lowest BCUT2D eigenvalue weighted by molar-refractivity contribution is -0.199. The maximum absolute atomic E-state index is 12.6. The normalized spacial score (nSPS) is 23.8. The van der Waals surface area contributed by atoms with Crippen molar-refractivity contribution in [3.05, 3.63) is 35.9 Å². The topological polar surface area (TPSA) is 114 Å². The first kappa shape index (κ1) is 21.8. The van der Waals surface area contributed by atoms with Gasteiger partial charge in [-0.1, -0.05) is 37.3 Å². The Morgan fingerprint density at radius 2 is 1.97 bits per heavy atom. The van der Waals surface area contributed by atoms with Gasteiger partial charge in [0.05, 0.1) is 5.92 Å². The SMILES string of the molecule is CCNCC1CC1C1CC(=O)N(OC(=O)[C@H](C)NC(=O)OCc2ccccc2)C1=O. The zero-order valence-electron chi connectivity index (χ0n) is 17.1. The van der Waals surface area contributed by atoms with E-state index in [1.54, 1.807) is 12.1 Å². The predicted octanol–water partition coefficient (Wildman–Crippen LogP) is 1.38. The number of hydrogen-bond acceptors (Lipinski definition) is 7. The summed E-state index contributed by atoms with van der Waals surface area (Å²) in [6.07, 6.45) is 0.119. The summed E-state index contributed by atoms with van der Waals surface area (Å²) in [6.45, 7) is 5.11. The second-order valence-electron chi connectivity index (χ2n) is 7.64. The fraction of sp³-hybridized carbons (Fsp3) is 0.524. The molecule has 0 radical (unpaired) electrons. The Bertz CT molecular complexity index is 799. The summed E-state index contributed by atoms with van der Waals surface area (Å²) < 4.78 is 5.05. The van der Waals surface area contributed by atoms with Crippen molar-refractivity contribution in [3.8, 4) is 0 Å². The van der Waals surface area contributed by atoms with Crippen molar-refractivity contribution < 1.29 is 28.8 Å². The number of hydroxylamine groups is 2. The van der Waals surface area contributed by atoms with Crippen LogP contribution in [0.2, 0.25) is 0 Å². The van der Waals surface area contributed by atoms with E-state index >= 15 is 0 Å². The van der Waals surface area contributed by atoms with Gasteiger partial charge in [-0.2, -0.15) is 0 Å². The third kappa shape index (κ3) is 5.35. The third-order valence-corrected chi connectivity index (χ3v) is 5.37. The number of carbonyl (C=O) groups is 4. The lowest BCUT2D eigenvalue weighted by Crippen LogP contribution is -2.44. The van der Waals surface area contributed by atoms with Gasteiger partial charge in [-0.15, -0.1) is 5.06 Å². The van der Waals surface area contributed by atoms with Crippen LogP contribution >= 0.6 is 0 Å². The smallest absolute Gasteiger partial charge is 0.408 e. The van der Waals surface area contributed by atoms with Crippen molar-refractivity contribution in [2.24, 2.45) is 17.8 Å². The maximum atomic E-state index is 12.6. The highest BCUT2D eigenvalue weighted by Crippen LogP contribution is 2.47. The van der Waals surface area contributed by atoms with Gasteiger partial charge in [-0.25, -0.2) is 9.59 Å². The van der Waals surface area contributed by atoms with Crippen LogP contribution in [0.15, 0.2) is 30.3 Å². The fourth-order valence-corrected chi connectivity index (χ4v) is 3.56. The Labute approximate surface area is 175 Å². The van der Waals surface area contributed by atoms with E-state index in [9.17, 15) is 19.2 Å². The summed E-state index contributed by atoms with van der Waals surface area (Å²) in [5, 5.41) is 6.12. The average Bonchev–Trinajstić information content (AvgIpc) is 3.46. The first-order chi connectivity index (χ1) is 14.4. The van der Waals surface area contributed by atoms with Gasteiger partial charge in [0.2, 0.25) is 0 Å².